The number of methoxy groups -OCH3 is 1. The highest BCUT2D eigenvalue weighted by Crippen LogP contribution is 2.33. The van der Waals surface area contributed by atoms with Crippen molar-refractivity contribution in [3.8, 4) is 0 Å². The van der Waals surface area contributed by atoms with Crippen molar-refractivity contribution in [2.45, 2.75) is 16.4 Å². The highest BCUT2D eigenvalue weighted by Gasteiger charge is 2.18. The summed E-state index contributed by atoms with van der Waals surface area (Å²) < 4.78 is 5.18. The van der Waals surface area contributed by atoms with Gasteiger partial charge in [-0.25, -0.2) is 14.8 Å². The monoisotopic (exact) mass is 290 g/mol. The van der Waals surface area contributed by atoms with Crippen molar-refractivity contribution in [1.29, 1.82) is 0 Å². The van der Waals surface area contributed by atoms with Crippen molar-refractivity contribution >= 4 is 40.7 Å². The van der Waals surface area contributed by atoms with E-state index in [1.807, 2.05) is 0 Å². The molecule has 2 heterocycles. The number of carbonyl (C=O) groups excluding carboxylic acids is 1. The molecule has 0 aromatic carbocycles. The van der Waals surface area contributed by atoms with E-state index in [1.165, 1.54) is 18.9 Å². The van der Waals surface area contributed by atoms with Crippen LogP contribution in [-0.4, -0.2) is 33.2 Å². The van der Waals surface area contributed by atoms with E-state index < -0.39 is 5.97 Å². The summed E-state index contributed by atoms with van der Waals surface area (Å²) >= 11 is 8.21. The first-order valence-corrected chi connectivity index (χ1v) is 6.42. The van der Waals surface area contributed by atoms with Gasteiger partial charge in [-0.1, -0.05) is 22.9 Å². The first-order valence-electron chi connectivity index (χ1n) is 4.41. The molecule has 0 saturated carbocycles. The van der Waals surface area contributed by atoms with E-state index in [9.17, 15) is 4.79 Å². The number of hydrogen-bond donors (Lipinski definition) is 1. The number of nitrogens with zero attached hydrogens (tertiary/aromatic N) is 3. The van der Waals surface area contributed by atoms with Gasteiger partial charge in [-0.15, -0.1) is 5.10 Å². The second-order valence-electron chi connectivity index (χ2n) is 2.90. The number of aromatic amines is 1. The summed E-state index contributed by atoms with van der Waals surface area (Å²) in [5.74, 6) is 0.217. The van der Waals surface area contributed by atoms with Gasteiger partial charge < -0.3 is 4.74 Å². The number of esters is 1. The van der Waals surface area contributed by atoms with Gasteiger partial charge in [0.15, 0.2) is 14.4 Å². The quantitative estimate of drug-likeness (QED) is 0.873. The van der Waals surface area contributed by atoms with Gasteiger partial charge in [-0.2, -0.15) is 0 Å². The number of aromatic nitrogens is 4. The fourth-order valence-corrected chi connectivity index (χ4v) is 3.18. The maximum Gasteiger partial charge on any atom is 0.351 e. The van der Waals surface area contributed by atoms with Crippen LogP contribution in [0, 0.1) is 6.92 Å². The lowest BCUT2D eigenvalue weighted by atomic mass is 10.6. The molecule has 2 aromatic rings. The second kappa shape index (κ2) is 5.03. The number of halogens is 1. The Balaban J connectivity index is 2.20. The molecule has 1 N–H and O–H groups in total. The lowest BCUT2D eigenvalue weighted by Crippen LogP contribution is -1.98. The predicted molar refractivity (Wildman–Crippen MR) is 63.7 cm³/mol. The van der Waals surface area contributed by atoms with Crippen LogP contribution in [0.1, 0.15) is 15.5 Å². The zero-order valence-corrected chi connectivity index (χ0v) is 11.2. The second-order valence-corrected chi connectivity index (χ2v) is 5.47. The number of thiazole rings is 1. The summed E-state index contributed by atoms with van der Waals surface area (Å²) in [5.41, 5.74) is 0. The molecule has 0 aliphatic rings. The van der Waals surface area contributed by atoms with Crippen molar-refractivity contribution in [3.05, 3.63) is 15.9 Å². The van der Waals surface area contributed by atoms with Crippen molar-refractivity contribution in [2.75, 3.05) is 7.11 Å². The average Bonchev–Trinajstić information content (AvgIpc) is 2.85. The van der Waals surface area contributed by atoms with Gasteiger partial charge in [0.25, 0.3) is 0 Å². The molecule has 90 valence electrons. The van der Waals surface area contributed by atoms with Crippen LogP contribution >= 0.6 is 34.7 Å². The summed E-state index contributed by atoms with van der Waals surface area (Å²) in [4.78, 5) is 19.8. The maximum atomic E-state index is 11.3. The Morgan fingerprint density at radius 3 is 2.88 bits per heavy atom. The van der Waals surface area contributed by atoms with E-state index in [-0.39, 0.29) is 10.0 Å². The smallest absolute Gasteiger partial charge is 0.351 e. The maximum absolute atomic E-state index is 11.3. The van der Waals surface area contributed by atoms with Crippen LogP contribution in [0.2, 0.25) is 5.15 Å². The summed E-state index contributed by atoms with van der Waals surface area (Å²) in [6, 6.07) is 0. The summed E-state index contributed by atoms with van der Waals surface area (Å²) in [7, 11) is 1.30. The number of rotatable bonds is 3. The number of ether oxygens (including phenoxy) is 1. The van der Waals surface area contributed by atoms with E-state index in [0.29, 0.717) is 15.3 Å². The average molecular weight is 291 g/mol. The Hall–Kier alpha value is -1.12. The van der Waals surface area contributed by atoms with Crippen LogP contribution < -0.4 is 0 Å². The van der Waals surface area contributed by atoms with Crippen molar-refractivity contribution in [1.82, 2.24) is 20.2 Å². The van der Waals surface area contributed by atoms with Crippen LogP contribution in [0.3, 0.4) is 0 Å². The topological polar surface area (TPSA) is 80.8 Å². The molecule has 17 heavy (non-hydrogen) atoms. The Morgan fingerprint density at radius 2 is 2.29 bits per heavy atom. The third-order valence-electron chi connectivity index (χ3n) is 1.69. The van der Waals surface area contributed by atoms with Crippen LogP contribution in [0.5, 0.6) is 0 Å². The van der Waals surface area contributed by atoms with Gasteiger partial charge in [0.1, 0.15) is 5.82 Å². The minimum absolute atomic E-state index is 0.136. The van der Waals surface area contributed by atoms with Gasteiger partial charge >= 0.3 is 5.97 Å². The van der Waals surface area contributed by atoms with E-state index in [2.05, 4.69) is 24.9 Å². The minimum atomic E-state index is -0.495. The zero-order chi connectivity index (χ0) is 12.4. The number of nitrogens with one attached hydrogen (secondary N) is 1. The molecule has 0 saturated heterocycles. The Kier molecular flexibility index (Phi) is 3.65. The van der Waals surface area contributed by atoms with Gasteiger partial charge in [-0.05, 0) is 18.7 Å². The molecule has 0 unspecified atom stereocenters. The lowest BCUT2D eigenvalue weighted by Gasteiger charge is -1.92. The van der Waals surface area contributed by atoms with Crippen molar-refractivity contribution in [2.24, 2.45) is 0 Å². The Morgan fingerprint density at radius 1 is 1.53 bits per heavy atom. The Labute approximate surface area is 110 Å². The van der Waals surface area contributed by atoms with Gasteiger partial charge in [-0.3, -0.25) is 5.10 Å². The molecule has 9 heteroatoms. The summed E-state index contributed by atoms with van der Waals surface area (Å²) in [6.07, 6.45) is 0. The molecule has 2 rings (SSSR count). The molecule has 0 aliphatic heterocycles. The SMILES string of the molecule is COC(=O)c1sc(Sc2n[nH]c(C)n2)nc1Cl. The fourth-order valence-electron chi connectivity index (χ4n) is 0.991. The van der Waals surface area contributed by atoms with E-state index >= 15 is 0 Å². The molecular weight excluding hydrogens is 284 g/mol. The fraction of sp³-hybridized carbons (Fsp3) is 0.250. The predicted octanol–water partition coefficient (Wildman–Crippen LogP) is 2.16. The van der Waals surface area contributed by atoms with E-state index in [0.717, 1.165) is 11.3 Å². The van der Waals surface area contributed by atoms with Gasteiger partial charge in [0.05, 0.1) is 7.11 Å². The van der Waals surface area contributed by atoms with E-state index in [1.54, 1.807) is 6.92 Å². The number of carbonyl (C=O) groups is 1. The molecule has 0 spiro atoms. The number of H-pyrrole nitrogens is 1. The van der Waals surface area contributed by atoms with Crippen LogP contribution in [0.15, 0.2) is 9.50 Å². The molecule has 0 bridgehead atoms. The first kappa shape index (κ1) is 12.3. The van der Waals surface area contributed by atoms with E-state index in [4.69, 9.17) is 11.6 Å². The molecule has 0 atom stereocenters. The van der Waals surface area contributed by atoms with Gasteiger partial charge in [0, 0.05) is 0 Å². The van der Waals surface area contributed by atoms with Crippen LogP contribution in [0.25, 0.3) is 0 Å². The van der Waals surface area contributed by atoms with Crippen LogP contribution in [-0.2, 0) is 4.74 Å². The normalized spacial score (nSPS) is 10.5. The molecule has 6 nitrogen and oxygen atoms in total. The largest absolute Gasteiger partial charge is 0.465 e. The zero-order valence-electron chi connectivity index (χ0n) is 8.85. The highest BCUT2D eigenvalue weighted by molar-refractivity contribution is 8.00. The van der Waals surface area contributed by atoms with Gasteiger partial charge in [0.2, 0.25) is 5.16 Å². The van der Waals surface area contributed by atoms with Crippen LogP contribution in [0.4, 0.5) is 0 Å². The Bertz CT molecular complexity index is 553. The highest BCUT2D eigenvalue weighted by atomic mass is 35.5. The molecule has 0 amide bonds. The minimum Gasteiger partial charge on any atom is -0.465 e. The molecule has 2 aromatic heterocycles. The standard InChI is InChI=1S/C8H7ClN4O2S2/c1-3-10-7(13-12-3)17-8-11-5(9)4(16-8)6(14)15-2/h1-2H3,(H,10,12,13). The molecule has 0 radical (unpaired) electrons. The van der Waals surface area contributed by atoms with Crippen molar-refractivity contribution in [3.63, 3.8) is 0 Å². The lowest BCUT2D eigenvalue weighted by molar-refractivity contribution is 0.0606. The molecular formula is C8H7ClN4O2S2. The third-order valence-corrected chi connectivity index (χ3v) is 4.04. The van der Waals surface area contributed by atoms with Crippen molar-refractivity contribution < 1.29 is 9.53 Å². The molecule has 0 aliphatic carbocycles. The first-order chi connectivity index (χ1) is 8.10. The summed E-state index contributed by atoms with van der Waals surface area (Å²) in [6.45, 7) is 1.80. The number of aryl methyl sites for hydroxylation is 1. The number of hydrogen-bond acceptors (Lipinski definition) is 7. The third kappa shape index (κ3) is 2.76. The molecule has 0 fully saturated rings. The summed E-state index contributed by atoms with van der Waals surface area (Å²) in [5, 5.41) is 7.33.